The summed E-state index contributed by atoms with van der Waals surface area (Å²) in [5.74, 6) is 2.17. The van der Waals surface area contributed by atoms with E-state index in [1.165, 1.54) is 0 Å². The smallest absolute Gasteiger partial charge is 0.152 e. The molecule has 0 unspecified atom stereocenters. The van der Waals surface area contributed by atoms with E-state index < -0.39 is 9.84 Å². The lowest BCUT2D eigenvalue weighted by molar-refractivity contribution is 0.259. The van der Waals surface area contributed by atoms with E-state index in [9.17, 15) is 8.42 Å². The van der Waals surface area contributed by atoms with Crippen LogP contribution in [0.25, 0.3) is 0 Å². The van der Waals surface area contributed by atoms with Crippen LogP contribution in [0.15, 0.2) is 10.5 Å². The number of aryl methyl sites for hydroxylation is 1. The lowest BCUT2D eigenvalue weighted by Crippen LogP contribution is -2.39. The second-order valence-corrected chi connectivity index (χ2v) is 6.75. The van der Waals surface area contributed by atoms with Crippen LogP contribution < -0.4 is 5.73 Å². The second kappa shape index (κ2) is 4.80. The first-order chi connectivity index (χ1) is 8.00. The van der Waals surface area contributed by atoms with Crippen molar-refractivity contribution >= 4 is 9.84 Å². The summed E-state index contributed by atoms with van der Waals surface area (Å²) in [5, 5.41) is 0. The van der Waals surface area contributed by atoms with Crippen LogP contribution >= 0.6 is 0 Å². The van der Waals surface area contributed by atoms with E-state index in [-0.39, 0.29) is 11.5 Å². The molecule has 17 heavy (non-hydrogen) atoms. The summed E-state index contributed by atoms with van der Waals surface area (Å²) in [4.78, 5) is 2.10. The Balaban J connectivity index is 1.97. The summed E-state index contributed by atoms with van der Waals surface area (Å²) in [5.41, 5.74) is 6.61. The Kier molecular flexibility index (Phi) is 3.56. The van der Waals surface area contributed by atoms with Gasteiger partial charge in [0, 0.05) is 13.1 Å². The van der Waals surface area contributed by atoms with Gasteiger partial charge in [0.2, 0.25) is 0 Å². The third-order valence-corrected chi connectivity index (χ3v) is 4.68. The lowest BCUT2D eigenvalue weighted by Gasteiger charge is -2.25. The summed E-state index contributed by atoms with van der Waals surface area (Å²) in [7, 11) is -2.81. The van der Waals surface area contributed by atoms with Gasteiger partial charge in [0.1, 0.15) is 11.5 Å². The monoisotopic (exact) mass is 258 g/mol. The van der Waals surface area contributed by atoms with Crippen LogP contribution in [0.4, 0.5) is 0 Å². The number of furan rings is 1. The van der Waals surface area contributed by atoms with E-state index in [0.717, 1.165) is 17.1 Å². The SMILES string of the molecule is Cc1cc(CN2CCS(=O)(=O)CC2)oc1CN. The first-order valence-corrected chi connectivity index (χ1v) is 7.53. The van der Waals surface area contributed by atoms with Crippen molar-refractivity contribution in [1.82, 2.24) is 4.90 Å². The molecular weight excluding hydrogens is 240 g/mol. The molecule has 1 aliphatic rings. The van der Waals surface area contributed by atoms with Crippen molar-refractivity contribution in [3.05, 3.63) is 23.2 Å². The minimum atomic E-state index is -2.81. The highest BCUT2D eigenvalue weighted by molar-refractivity contribution is 7.91. The fourth-order valence-corrected chi connectivity index (χ4v) is 3.28. The molecule has 0 amide bonds. The van der Waals surface area contributed by atoms with Crippen LogP contribution in [0.5, 0.6) is 0 Å². The van der Waals surface area contributed by atoms with Gasteiger partial charge in [0.15, 0.2) is 9.84 Å². The van der Waals surface area contributed by atoms with Crippen LogP contribution in [0.2, 0.25) is 0 Å². The maximum Gasteiger partial charge on any atom is 0.152 e. The molecule has 1 aromatic rings. The lowest BCUT2D eigenvalue weighted by atomic mass is 10.2. The van der Waals surface area contributed by atoms with Crippen molar-refractivity contribution in [3.8, 4) is 0 Å². The molecule has 1 aromatic heterocycles. The molecular formula is C11H18N2O3S. The van der Waals surface area contributed by atoms with Gasteiger partial charge >= 0.3 is 0 Å². The summed E-state index contributed by atoms with van der Waals surface area (Å²) in [6.07, 6.45) is 0. The van der Waals surface area contributed by atoms with Crippen LogP contribution in [-0.2, 0) is 22.9 Å². The Labute approximate surface area is 101 Å². The molecule has 0 bridgehead atoms. The van der Waals surface area contributed by atoms with Gasteiger partial charge in [0.05, 0.1) is 24.6 Å². The number of nitrogens with zero attached hydrogens (tertiary/aromatic N) is 1. The zero-order chi connectivity index (χ0) is 12.5. The standard InChI is InChI=1S/C11H18N2O3S/c1-9-6-10(16-11(9)7-12)8-13-2-4-17(14,15)5-3-13/h6H,2-5,7-8,12H2,1H3. The van der Waals surface area contributed by atoms with Crippen LogP contribution in [0.1, 0.15) is 17.1 Å². The molecule has 0 radical (unpaired) electrons. The van der Waals surface area contributed by atoms with E-state index in [0.29, 0.717) is 26.2 Å². The average molecular weight is 258 g/mol. The average Bonchev–Trinajstić information content (AvgIpc) is 2.62. The third kappa shape index (κ3) is 3.08. The Morgan fingerprint density at radius 2 is 2.06 bits per heavy atom. The molecule has 0 aromatic carbocycles. The van der Waals surface area contributed by atoms with Crippen molar-refractivity contribution in [2.24, 2.45) is 5.73 Å². The molecule has 5 nitrogen and oxygen atoms in total. The maximum absolute atomic E-state index is 11.3. The third-order valence-electron chi connectivity index (χ3n) is 3.07. The van der Waals surface area contributed by atoms with Gasteiger partial charge in [0.25, 0.3) is 0 Å². The highest BCUT2D eigenvalue weighted by Gasteiger charge is 2.22. The van der Waals surface area contributed by atoms with Gasteiger partial charge in [-0.1, -0.05) is 0 Å². The Morgan fingerprint density at radius 3 is 2.59 bits per heavy atom. The molecule has 1 fully saturated rings. The summed E-state index contributed by atoms with van der Waals surface area (Å²) >= 11 is 0. The fraction of sp³-hybridized carbons (Fsp3) is 0.636. The van der Waals surface area contributed by atoms with Gasteiger partial charge < -0.3 is 10.2 Å². The fourth-order valence-electron chi connectivity index (χ4n) is 2.00. The minimum absolute atomic E-state index is 0.246. The van der Waals surface area contributed by atoms with Crippen molar-refractivity contribution in [3.63, 3.8) is 0 Å². The molecule has 0 spiro atoms. The molecule has 0 atom stereocenters. The highest BCUT2D eigenvalue weighted by Crippen LogP contribution is 2.16. The zero-order valence-electron chi connectivity index (χ0n) is 9.98. The zero-order valence-corrected chi connectivity index (χ0v) is 10.8. The Hall–Kier alpha value is -0.850. The number of sulfone groups is 1. The topological polar surface area (TPSA) is 76.5 Å². The van der Waals surface area contributed by atoms with Gasteiger partial charge in [-0.25, -0.2) is 8.42 Å². The van der Waals surface area contributed by atoms with Gasteiger partial charge in [-0.2, -0.15) is 0 Å². The minimum Gasteiger partial charge on any atom is -0.463 e. The Bertz CT molecular complexity index is 479. The predicted molar refractivity (Wildman–Crippen MR) is 65.3 cm³/mol. The molecule has 0 saturated carbocycles. The van der Waals surface area contributed by atoms with Crippen molar-refractivity contribution in [1.29, 1.82) is 0 Å². The highest BCUT2D eigenvalue weighted by atomic mass is 32.2. The summed E-state index contributed by atoms with van der Waals surface area (Å²) in [6, 6.07) is 1.98. The number of hydrogen-bond donors (Lipinski definition) is 1. The normalized spacial score (nSPS) is 20.6. The summed E-state index contributed by atoms with van der Waals surface area (Å²) in [6.45, 7) is 4.20. The van der Waals surface area contributed by atoms with Crippen molar-refractivity contribution in [2.45, 2.75) is 20.0 Å². The van der Waals surface area contributed by atoms with E-state index in [1.807, 2.05) is 13.0 Å². The Morgan fingerprint density at radius 1 is 1.41 bits per heavy atom. The number of hydrogen-bond acceptors (Lipinski definition) is 5. The second-order valence-electron chi connectivity index (χ2n) is 4.45. The van der Waals surface area contributed by atoms with E-state index >= 15 is 0 Å². The maximum atomic E-state index is 11.3. The molecule has 96 valence electrons. The molecule has 2 heterocycles. The quantitative estimate of drug-likeness (QED) is 0.842. The predicted octanol–water partition coefficient (Wildman–Crippen LogP) is 0.277. The first-order valence-electron chi connectivity index (χ1n) is 5.71. The molecule has 2 rings (SSSR count). The number of nitrogens with two attached hydrogens (primary N) is 1. The van der Waals surface area contributed by atoms with Crippen molar-refractivity contribution < 1.29 is 12.8 Å². The molecule has 1 saturated heterocycles. The van der Waals surface area contributed by atoms with E-state index in [2.05, 4.69) is 4.90 Å². The number of rotatable bonds is 3. The molecule has 6 heteroatoms. The summed E-state index contributed by atoms with van der Waals surface area (Å²) < 4.78 is 28.2. The first kappa shape index (κ1) is 12.6. The largest absolute Gasteiger partial charge is 0.463 e. The van der Waals surface area contributed by atoms with Gasteiger partial charge in [-0.3, -0.25) is 4.90 Å². The van der Waals surface area contributed by atoms with E-state index in [4.69, 9.17) is 10.2 Å². The van der Waals surface area contributed by atoms with Crippen LogP contribution in [0, 0.1) is 6.92 Å². The molecule has 0 aliphatic carbocycles. The molecule has 2 N–H and O–H groups in total. The van der Waals surface area contributed by atoms with Crippen molar-refractivity contribution in [2.75, 3.05) is 24.6 Å². The van der Waals surface area contributed by atoms with E-state index in [1.54, 1.807) is 0 Å². The van der Waals surface area contributed by atoms with Gasteiger partial charge in [-0.15, -0.1) is 0 Å². The van der Waals surface area contributed by atoms with Crippen LogP contribution in [-0.4, -0.2) is 37.9 Å². The van der Waals surface area contributed by atoms with Gasteiger partial charge in [-0.05, 0) is 18.6 Å². The molecule has 1 aliphatic heterocycles. The van der Waals surface area contributed by atoms with Crippen LogP contribution in [0.3, 0.4) is 0 Å².